The van der Waals surface area contributed by atoms with E-state index in [-0.39, 0.29) is 5.56 Å². The molecule has 0 aliphatic carbocycles. The molecule has 2 aromatic heterocycles. The van der Waals surface area contributed by atoms with Gasteiger partial charge in [-0.1, -0.05) is 12.1 Å². The molecular weight excluding hydrogens is 272 g/mol. The van der Waals surface area contributed by atoms with Crippen molar-refractivity contribution in [3.05, 3.63) is 59.7 Å². The quantitative estimate of drug-likeness (QED) is 0.797. The Hall–Kier alpha value is -2.53. The number of pyridine rings is 1. The van der Waals surface area contributed by atoms with E-state index in [9.17, 15) is 4.79 Å². The van der Waals surface area contributed by atoms with Crippen molar-refractivity contribution < 1.29 is 9.90 Å². The zero-order valence-corrected chi connectivity index (χ0v) is 11.2. The van der Waals surface area contributed by atoms with Crippen LogP contribution in [0, 0.1) is 0 Å². The number of aromatic nitrogens is 2. The van der Waals surface area contributed by atoms with Crippen LogP contribution in [0.15, 0.2) is 54.2 Å². The Morgan fingerprint density at radius 3 is 2.65 bits per heavy atom. The maximum absolute atomic E-state index is 11.0. The molecule has 0 radical (unpaired) electrons. The summed E-state index contributed by atoms with van der Waals surface area (Å²) in [6.45, 7) is 0. The molecule has 0 spiro atoms. The normalized spacial score (nSPS) is 10.4. The largest absolute Gasteiger partial charge is 0.478 e. The molecule has 20 heavy (non-hydrogen) atoms. The van der Waals surface area contributed by atoms with E-state index in [2.05, 4.69) is 9.97 Å². The highest BCUT2D eigenvalue weighted by molar-refractivity contribution is 7.13. The fraction of sp³-hybridized carbons (Fsp3) is 0. The van der Waals surface area contributed by atoms with Crippen molar-refractivity contribution in [1.29, 1.82) is 0 Å². The van der Waals surface area contributed by atoms with Gasteiger partial charge in [-0.3, -0.25) is 4.98 Å². The van der Waals surface area contributed by atoms with E-state index in [0.717, 1.165) is 21.8 Å². The third-order valence-corrected chi connectivity index (χ3v) is 3.73. The van der Waals surface area contributed by atoms with Crippen LogP contribution in [-0.2, 0) is 0 Å². The minimum absolute atomic E-state index is 0.267. The molecule has 0 aliphatic rings. The highest BCUT2D eigenvalue weighted by Crippen LogP contribution is 2.28. The van der Waals surface area contributed by atoms with Gasteiger partial charge in [-0.15, -0.1) is 11.3 Å². The molecule has 0 fully saturated rings. The van der Waals surface area contributed by atoms with Crippen molar-refractivity contribution in [3.8, 4) is 21.8 Å². The lowest BCUT2D eigenvalue weighted by atomic mass is 10.1. The van der Waals surface area contributed by atoms with E-state index >= 15 is 0 Å². The van der Waals surface area contributed by atoms with Crippen molar-refractivity contribution in [2.45, 2.75) is 0 Å². The summed E-state index contributed by atoms with van der Waals surface area (Å²) in [5.74, 6) is -0.933. The monoisotopic (exact) mass is 282 g/mol. The second-order valence-electron chi connectivity index (χ2n) is 4.16. The van der Waals surface area contributed by atoms with E-state index in [0.29, 0.717) is 0 Å². The highest BCUT2D eigenvalue weighted by atomic mass is 32.1. The number of carboxylic acids is 1. The predicted octanol–water partition coefficient (Wildman–Crippen LogP) is 3.57. The van der Waals surface area contributed by atoms with E-state index in [1.54, 1.807) is 30.6 Å². The average molecular weight is 282 g/mol. The van der Waals surface area contributed by atoms with Gasteiger partial charge in [0, 0.05) is 28.9 Å². The van der Waals surface area contributed by atoms with Gasteiger partial charge in [0.15, 0.2) is 0 Å². The maximum atomic E-state index is 11.0. The molecule has 2 heterocycles. The molecule has 3 rings (SSSR count). The van der Waals surface area contributed by atoms with Crippen LogP contribution in [0.3, 0.4) is 0 Å². The molecule has 4 nitrogen and oxygen atoms in total. The third kappa shape index (κ3) is 2.44. The van der Waals surface area contributed by atoms with Crippen LogP contribution in [0.25, 0.3) is 21.8 Å². The first kappa shape index (κ1) is 12.5. The molecule has 0 atom stereocenters. The van der Waals surface area contributed by atoms with E-state index in [4.69, 9.17) is 5.11 Å². The van der Waals surface area contributed by atoms with Gasteiger partial charge in [0.25, 0.3) is 0 Å². The first-order valence-electron chi connectivity index (χ1n) is 5.94. The molecule has 5 heteroatoms. The van der Waals surface area contributed by atoms with Crippen LogP contribution in [0.5, 0.6) is 0 Å². The van der Waals surface area contributed by atoms with E-state index in [1.165, 1.54) is 11.3 Å². The van der Waals surface area contributed by atoms with Crippen LogP contribution in [-0.4, -0.2) is 21.0 Å². The van der Waals surface area contributed by atoms with Crippen molar-refractivity contribution in [2.24, 2.45) is 0 Å². The van der Waals surface area contributed by atoms with Gasteiger partial charge in [0.05, 0.1) is 11.3 Å². The Balaban J connectivity index is 1.98. The standard InChI is InChI=1S/C15H10N2O2S/c18-15(19)12-3-1-2-11(8-12)14-17-13(9-20-14)10-4-6-16-7-5-10/h1-9H,(H,18,19). The molecule has 98 valence electrons. The van der Waals surface area contributed by atoms with Gasteiger partial charge in [0.2, 0.25) is 0 Å². The van der Waals surface area contributed by atoms with E-state index in [1.807, 2.05) is 23.6 Å². The van der Waals surface area contributed by atoms with Crippen LogP contribution >= 0.6 is 11.3 Å². The van der Waals surface area contributed by atoms with Gasteiger partial charge < -0.3 is 5.11 Å². The van der Waals surface area contributed by atoms with Gasteiger partial charge in [-0.05, 0) is 24.3 Å². The topological polar surface area (TPSA) is 63.1 Å². The lowest BCUT2D eigenvalue weighted by Gasteiger charge is -1.98. The number of benzene rings is 1. The summed E-state index contributed by atoms with van der Waals surface area (Å²) in [5, 5.41) is 11.8. The molecule has 1 aromatic carbocycles. The Bertz CT molecular complexity index is 753. The Morgan fingerprint density at radius 1 is 1.10 bits per heavy atom. The number of nitrogens with zero attached hydrogens (tertiary/aromatic N) is 2. The summed E-state index contributed by atoms with van der Waals surface area (Å²) in [4.78, 5) is 19.5. The molecule has 0 aliphatic heterocycles. The molecule has 0 amide bonds. The second kappa shape index (κ2) is 5.22. The van der Waals surface area contributed by atoms with Crippen molar-refractivity contribution in [1.82, 2.24) is 9.97 Å². The molecule has 0 saturated heterocycles. The minimum atomic E-state index is -0.933. The number of rotatable bonds is 3. The first-order valence-corrected chi connectivity index (χ1v) is 6.81. The van der Waals surface area contributed by atoms with Gasteiger partial charge in [-0.2, -0.15) is 0 Å². The number of carbonyl (C=O) groups is 1. The summed E-state index contributed by atoms with van der Waals surface area (Å²) >= 11 is 1.49. The van der Waals surface area contributed by atoms with Gasteiger partial charge >= 0.3 is 5.97 Å². The van der Waals surface area contributed by atoms with Gasteiger partial charge in [-0.25, -0.2) is 9.78 Å². The zero-order chi connectivity index (χ0) is 13.9. The van der Waals surface area contributed by atoms with Crippen LogP contribution < -0.4 is 0 Å². The fourth-order valence-electron chi connectivity index (χ4n) is 1.85. The van der Waals surface area contributed by atoms with E-state index < -0.39 is 5.97 Å². The minimum Gasteiger partial charge on any atom is -0.478 e. The number of aromatic carboxylic acids is 1. The summed E-state index contributed by atoms with van der Waals surface area (Å²) in [6, 6.07) is 10.6. The number of carboxylic acid groups (broad SMARTS) is 1. The Kier molecular flexibility index (Phi) is 3.26. The number of hydrogen-bond donors (Lipinski definition) is 1. The predicted molar refractivity (Wildman–Crippen MR) is 77.7 cm³/mol. The summed E-state index contributed by atoms with van der Waals surface area (Å²) in [5.41, 5.74) is 2.95. The van der Waals surface area contributed by atoms with Crippen LogP contribution in [0.1, 0.15) is 10.4 Å². The summed E-state index contributed by atoms with van der Waals surface area (Å²) in [6.07, 6.45) is 3.44. The number of thiazole rings is 1. The molecule has 1 N–H and O–H groups in total. The first-order chi connectivity index (χ1) is 9.74. The number of hydrogen-bond acceptors (Lipinski definition) is 4. The molecule has 0 unspecified atom stereocenters. The van der Waals surface area contributed by atoms with Crippen molar-refractivity contribution >= 4 is 17.3 Å². The summed E-state index contributed by atoms with van der Waals surface area (Å²) < 4.78 is 0. The second-order valence-corrected chi connectivity index (χ2v) is 5.02. The molecule has 0 bridgehead atoms. The fourth-order valence-corrected chi connectivity index (χ4v) is 2.67. The van der Waals surface area contributed by atoms with Gasteiger partial charge in [0.1, 0.15) is 5.01 Å². The Labute approximate surface area is 119 Å². The van der Waals surface area contributed by atoms with Crippen LogP contribution in [0.2, 0.25) is 0 Å². The third-order valence-electron chi connectivity index (χ3n) is 2.84. The maximum Gasteiger partial charge on any atom is 0.335 e. The SMILES string of the molecule is O=C(O)c1cccc(-c2nc(-c3ccncc3)cs2)c1. The molecular formula is C15H10N2O2S. The lowest BCUT2D eigenvalue weighted by Crippen LogP contribution is -1.95. The highest BCUT2D eigenvalue weighted by Gasteiger charge is 2.09. The van der Waals surface area contributed by atoms with Crippen molar-refractivity contribution in [2.75, 3.05) is 0 Å². The zero-order valence-electron chi connectivity index (χ0n) is 10.4. The Morgan fingerprint density at radius 2 is 1.90 bits per heavy atom. The average Bonchev–Trinajstić information content (AvgIpc) is 2.98. The molecule has 3 aromatic rings. The lowest BCUT2D eigenvalue weighted by molar-refractivity contribution is 0.0697. The van der Waals surface area contributed by atoms with Crippen LogP contribution in [0.4, 0.5) is 0 Å². The molecule has 0 saturated carbocycles. The summed E-state index contributed by atoms with van der Waals surface area (Å²) in [7, 11) is 0. The smallest absolute Gasteiger partial charge is 0.335 e. The van der Waals surface area contributed by atoms with Crippen molar-refractivity contribution in [3.63, 3.8) is 0 Å².